The summed E-state index contributed by atoms with van der Waals surface area (Å²) in [5.41, 5.74) is 6.67. The number of hydrogen-bond acceptors (Lipinski definition) is 2. The molecule has 0 atom stereocenters. The van der Waals surface area contributed by atoms with Crippen LogP contribution in [-0.4, -0.2) is 6.61 Å². The molecule has 0 fully saturated rings. The summed E-state index contributed by atoms with van der Waals surface area (Å²) in [5.74, 6) is 1.61. The van der Waals surface area contributed by atoms with Crippen molar-refractivity contribution in [3.05, 3.63) is 29.8 Å². The van der Waals surface area contributed by atoms with Gasteiger partial charge in [0.15, 0.2) is 0 Å². The fourth-order valence-electron chi connectivity index (χ4n) is 1.46. The maximum atomic E-state index is 5.71. The van der Waals surface area contributed by atoms with Crippen LogP contribution in [0.5, 0.6) is 5.75 Å². The van der Waals surface area contributed by atoms with Crippen molar-refractivity contribution in [3.8, 4) is 5.75 Å². The van der Waals surface area contributed by atoms with Crippen LogP contribution in [-0.2, 0) is 6.54 Å². The van der Waals surface area contributed by atoms with Crippen LogP contribution in [0.2, 0.25) is 0 Å². The molecule has 1 rings (SSSR count). The second-order valence-electron chi connectivity index (χ2n) is 3.84. The van der Waals surface area contributed by atoms with E-state index in [1.54, 1.807) is 0 Å². The average Bonchev–Trinajstić information content (AvgIpc) is 2.31. The maximum Gasteiger partial charge on any atom is 0.119 e. The lowest BCUT2D eigenvalue weighted by molar-refractivity contribution is 0.240. The van der Waals surface area contributed by atoms with Gasteiger partial charge in [0.1, 0.15) is 5.75 Å². The second-order valence-corrected chi connectivity index (χ2v) is 3.84. The molecule has 15 heavy (non-hydrogen) atoms. The number of nitrogens with two attached hydrogens (primary N) is 1. The minimum absolute atomic E-state index is 0.590. The first-order chi connectivity index (χ1) is 7.30. The molecular weight excluding hydrogens is 186 g/mol. The van der Waals surface area contributed by atoms with E-state index >= 15 is 0 Å². The molecule has 2 nitrogen and oxygen atoms in total. The molecule has 0 radical (unpaired) electrons. The zero-order valence-electron chi connectivity index (χ0n) is 9.70. The Kier molecular flexibility index (Phi) is 5.19. The Morgan fingerprint density at radius 1 is 1.13 bits per heavy atom. The van der Waals surface area contributed by atoms with Gasteiger partial charge in [0.05, 0.1) is 6.61 Å². The first-order valence-corrected chi connectivity index (χ1v) is 5.71. The Morgan fingerprint density at radius 2 is 1.73 bits per heavy atom. The molecule has 0 amide bonds. The molecule has 0 aliphatic heterocycles. The van der Waals surface area contributed by atoms with Crippen molar-refractivity contribution < 1.29 is 4.74 Å². The van der Waals surface area contributed by atoms with Crippen molar-refractivity contribution in [3.63, 3.8) is 0 Å². The van der Waals surface area contributed by atoms with E-state index in [9.17, 15) is 0 Å². The van der Waals surface area contributed by atoms with Crippen molar-refractivity contribution in [2.45, 2.75) is 33.2 Å². The average molecular weight is 207 g/mol. The summed E-state index contributed by atoms with van der Waals surface area (Å²) in [6.45, 7) is 5.81. The fourth-order valence-corrected chi connectivity index (χ4v) is 1.46. The van der Waals surface area contributed by atoms with Gasteiger partial charge in [-0.2, -0.15) is 0 Å². The van der Waals surface area contributed by atoms with Crippen LogP contribution in [0.4, 0.5) is 0 Å². The van der Waals surface area contributed by atoms with E-state index in [2.05, 4.69) is 13.8 Å². The van der Waals surface area contributed by atoms with E-state index in [1.807, 2.05) is 24.3 Å². The lowest BCUT2D eigenvalue weighted by Gasteiger charge is -2.13. The Balaban J connectivity index is 2.43. The first-order valence-electron chi connectivity index (χ1n) is 5.71. The number of rotatable bonds is 6. The Hall–Kier alpha value is -1.02. The molecule has 0 aliphatic carbocycles. The molecule has 0 heterocycles. The van der Waals surface area contributed by atoms with Crippen LogP contribution in [0.3, 0.4) is 0 Å². The highest BCUT2D eigenvalue weighted by molar-refractivity contribution is 5.27. The highest BCUT2D eigenvalue weighted by Gasteiger charge is 2.03. The molecule has 84 valence electrons. The summed E-state index contributed by atoms with van der Waals surface area (Å²) in [6, 6.07) is 8.01. The largest absolute Gasteiger partial charge is 0.493 e. The molecule has 0 saturated heterocycles. The van der Waals surface area contributed by atoms with Gasteiger partial charge in [-0.1, -0.05) is 38.8 Å². The van der Waals surface area contributed by atoms with E-state index in [0.29, 0.717) is 12.5 Å². The highest BCUT2D eigenvalue weighted by atomic mass is 16.5. The van der Waals surface area contributed by atoms with Gasteiger partial charge in [0.2, 0.25) is 0 Å². The van der Waals surface area contributed by atoms with E-state index in [-0.39, 0.29) is 0 Å². The van der Waals surface area contributed by atoms with Gasteiger partial charge in [-0.3, -0.25) is 0 Å². The van der Waals surface area contributed by atoms with E-state index in [0.717, 1.165) is 17.9 Å². The highest BCUT2D eigenvalue weighted by Crippen LogP contribution is 2.15. The summed E-state index contributed by atoms with van der Waals surface area (Å²) >= 11 is 0. The first kappa shape index (κ1) is 12.1. The van der Waals surface area contributed by atoms with Gasteiger partial charge in [-0.05, 0) is 23.6 Å². The molecule has 0 aromatic heterocycles. The maximum absolute atomic E-state index is 5.71. The van der Waals surface area contributed by atoms with Crippen molar-refractivity contribution in [2.75, 3.05) is 6.61 Å². The predicted molar refractivity (Wildman–Crippen MR) is 63.9 cm³/mol. The van der Waals surface area contributed by atoms with Crippen molar-refractivity contribution in [2.24, 2.45) is 11.7 Å². The van der Waals surface area contributed by atoms with Crippen LogP contribution in [0, 0.1) is 5.92 Å². The monoisotopic (exact) mass is 207 g/mol. The van der Waals surface area contributed by atoms with Crippen molar-refractivity contribution in [1.29, 1.82) is 0 Å². The standard InChI is InChI=1S/C13H21NO/c1-3-11(4-2)10-15-13-7-5-12(9-14)6-8-13/h5-8,11H,3-4,9-10,14H2,1-2H3. The third-order valence-electron chi connectivity index (χ3n) is 2.80. The third-order valence-corrected chi connectivity index (χ3v) is 2.80. The molecule has 0 saturated carbocycles. The molecule has 1 aromatic carbocycles. The van der Waals surface area contributed by atoms with E-state index in [4.69, 9.17) is 10.5 Å². The number of benzene rings is 1. The van der Waals surface area contributed by atoms with Crippen LogP contribution in [0.1, 0.15) is 32.3 Å². The second kappa shape index (κ2) is 6.46. The summed E-state index contributed by atoms with van der Waals surface area (Å²) < 4.78 is 5.71. The Bertz CT molecular complexity index is 264. The zero-order chi connectivity index (χ0) is 11.1. The summed E-state index contributed by atoms with van der Waals surface area (Å²) in [5, 5.41) is 0. The van der Waals surface area contributed by atoms with Gasteiger partial charge in [-0.15, -0.1) is 0 Å². The summed E-state index contributed by atoms with van der Waals surface area (Å²) in [7, 11) is 0. The van der Waals surface area contributed by atoms with Gasteiger partial charge in [0, 0.05) is 6.54 Å². The van der Waals surface area contributed by atoms with Gasteiger partial charge >= 0.3 is 0 Å². The Labute approximate surface area is 92.4 Å². The molecule has 1 aromatic rings. The summed E-state index contributed by atoms with van der Waals surface area (Å²) in [4.78, 5) is 0. The number of ether oxygens (including phenoxy) is 1. The van der Waals surface area contributed by atoms with E-state index < -0.39 is 0 Å². The van der Waals surface area contributed by atoms with Gasteiger partial charge < -0.3 is 10.5 Å². The number of hydrogen-bond donors (Lipinski definition) is 1. The van der Waals surface area contributed by atoms with Crippen LogP contribution in [0.15, 0.2) is 24.3 Å². The van der Waals surface area contributed by atoms with Crippen molar-refractivity contribution >= 4 is 0 Å². The third kappa shape index (κ3) is 3.92. The molecule has 0 spiro atoms. The van der Waals surface area contributed by atoms with Crippen LogP contribution < -0.4 is 10.5 Å². The molecule has 2 N–H and O–H groups in total. The molecule has 0 unspecified atom stereocenters. The molecule has 2 heteroatoms. The van der Waals surface area contributed by atoms with Gasteiger partial charge in [0.25, 0.3) is 0 Å². The Morgan fingerprint density at radius 3 is 2.20 bits per heavy atom. The molecular formula is C13H21NO. The summed E-state index contributed by atoms with van der Waals surface area (Å²) in [6.07, 6.45) is 2.36. The lowest BCUT2D eigenvalue weighted by Crippen LogP contribution is -2.10. The topological polar surface area (TPSA) is 35.2 Å². The smallest absolute Gasteiger partial charge is 0.119 e. The van der Waals surface area contributed by atoms with Crippen molar-refractivity contribution in [1.82, 2.24) is 0 Å². The van der Waals surface area contributed by atoms with Crippen LogP contribution in [0.25, 0.3) is 0 Å². The van der Waals surface area contributed by atoms with Gasteiger partial charge in [-0.25, -0.2) is 0 Å². The SMILES string of the molecule is CCC(CC)COc1ccc(CN)cc1. The zero-order valence-corrected chi connectivity index (χ0v) is 9.70. The molecule has 0 aliphatic rings. The minimum Gasteiger partial charge on any atom is -0.493 e. The normalized spacial score (nSPS) is 10.7. The van der Waals surface area contributed by atoms with E-state index in [1.165, 1.54) is 12.8 Å². The quantitative estimate of drug-likeness (QED) is 0.778. The fraction of sp³-hybridized carbons (Fsp3) is 0.538. The minimum atomic E-state index is 0.590. The predicted octanol–water partition coefficient (Wildman–Crippen LogP) is 2.96. The van der Waals surface area contributed by atoms with Crippen LogP contribution >= 0.6 is 0 Å². The molecule has 0 bridgehead atoms. The lowest BCUT2D eigenvalue weighted by atomic mass is 10.1.